The summed E-state index contributed by atoms with van der Waals surface area (Å²) in [5.74, 6) is -0.396. The second-order valence-corrected chi connectivity index (χ2v) is 13.8. The molecule has 1 aliphatic carbocycles. The van der Waals surface area contributed by atoms with Gasteiger partial charge in [-0.3, -0.25) is 9.69 Å². The number of nitrogens with zero attached hydrogens (tertiary/aromatic N) is 2. The van der Waals surface area contributed by atoms with Gasteiger partial charge < -0.3 is 10.1 Å². The van der Waals surface area contributed by atoms with Crippen LogP contribution in [0.4, 0.5) is 18.0 Å². The Morgan fingerprint density at radius 1 is 1.15 bits per heavy atom. The van der Waals surface area contributed by atoms with E-state index in [1.54, 1.807) is 27.7 Å². The van der Waals surface area contributed by atoms with Gasteiger partial charge in [0.25, 0.3) is 0 Å². The minimum absolute atomic E-state index is 0.0208. The summed E-state index contributed by atoms with van der Waals surface area (Å²) in [6.45, 7) is 11.5. The molecule has 2 amide bonds. The zero-order chi connectivity index (χ0) is 29.3. The lowest BCUT2D eigenvalue weighted by Gasteiger charge is -2.34. The minimum atomic E-state index is -4.65. The van der Waals surface area contributed by atoms with Crippen molar-refractivity contribution in [1.82, 2.24) is 14.5 Å². The molecule has 1 aromatic carbocycles. The number of alkyl halides is 3. The minimum Gasteiger partial charge on any atom is -0.444 e. The molecule has 0 radical (unpaired) electrons. The smallest absolute Gasteiger partial charge is 0.416 e. The number of likely N-dealkylation sites (N-methyl/N-ethyl adjacent to an activating group) is 1. The first-order valence-electron chi connectivity index (χ1n) is 13.4. The number of hydrogen-bond donors (Lipinski definition) is 1. The molecule has 1 N–H and O–H groups in total. The van der Waals surface area contributed by atoms with Gasteiger partial charge in [0.2, 0.25) is 15.9 Å². The lowest BCUT2D eigenvalue weighted by molar-refractivity contribution is -0.137. The second kappa shape index (κ2) is 11.6. The number of benzene rings is 1. The van der Waals surface area contributed by atoms with Crippen LogP contribution in [0.1, 0.15) is 66.4 Å². The number of rotatable bonds is 8. The van der Waals surface area contributed by atoms with Crippen LogP contribution in [0.15, 0.2) is 29.2 Å². The van der Waals surface area contributed by atoms with Crippen molar-refractivity contribution in [3.8, 4) is 0 Å². The molecule has 1 saturated heterocycles. The van der Waals surface area contributed by atoms with Crippen LogP contribution in [0.5, 0.6) is 0 Å². The maximum Gasteiger partial charge on any atom is 0.416 e. The molecule has 0 bridgehead atoms. The standard InChI is InChI=1S/C27H40F3N3O5S/c1-7-33(25(35)38-26(4,5)6)23(13-17(2)3)24(34)31-22-12-11-18-15-32(16-21(18)22)39(36,37)20-10-8-9-19(14-20)27(28,29)30/h8-10,14,17-18,21-23H,7,11-13,15-16H2,1-6H3,(H,31,34)/t18-,21+,22+,23?/m1/s1. The van der Waals surface area contributed by atoms with Crippen molar-refractivity contribution in [2.75, 3.05) is 19.6 Å². The van der Waals surface area contributed by atoms with Gasteiger partial charge in [-0.05, 0) is 82.9 Å². The molecule has 2 aliphatic rings. The highest BCUT2D eigenvalue weighted by atomic mass is 32.2. The Balaban J connectivity index is 1.75. The van der Waals surface area contributed by atoms with Gasteiger partial charge >= 0.3 is 12.3 Å². The predicted molar refractivity (Wildman–Crippen MR) is 140 cm³/mol. The molecule has 220 valence electrons. The largest absolute Gasteiger partial charge is 0.444 e. The first-order chi connectivity index (χ1) is 17.9. The Morgan fingerprint density at radius 3 is 2.38 bits per heavy atom. The maximum atomic E-state index is 13.5. The summed E-state index contributed by atoms with van der Waals surface area (Å²) >= 11 is 0. The molecule has 39 heavy (non-hydrogen) atoms. The lowest BCUT2D eigenvalue weighted by atomic mass is 9.96. The topological polar surface area (TPSA) is 96.0 Å². The monoisotopic (exact) mass is 575 g/mol. The molecule has 3 rings (SSSR count). The van der Waals surface area contributed by atoms with Crippen molar-refractivity contribution >= 4 is 22.0 Å². The molecule has 12 heteroatoms. The summed E-state index contributed by atoms with van der Waals surface area (Å²) in [4.78, 5) is 27.4. The quantitative estimate of drug-likeness (QED) is 0.476. The number of carbonyl (C=O) groups is 2. The van der Waals surface area contributed by atoms with Crippen LogP contribution >= 0.6 is 0 Å². The van der Waals surface area contributed by atoms with Crippen molar-refractivity contribution in [1.29, 1.82) is 0 Å². The summed E-state index contributed by atoms with van der Waals surface area (Å²) in [5.41, 5.74) is -1.74. The average molecular weight is 576 g/mol. The molecule has 1 unspecified atom stereocenters. The molecular weight excluding hydrogens is 535 g/mol. The molecule has 1 aliphatic heterocycles. The van der Waals surface area contributed by atoms with E-state index in [0.29, 0.717) is 25.3 Å². The number of sulfonamides is 1. The van der Waals surface area contributed by atoms with E-state index in [9.17, 15) is 31.2 Å². The van der Waals surface area contributed by atoms with Crippen molar-refractivity contribution in [3.05, 3.63) is 29.8 Å². The SMILES string of the molecule is CCN(C(=O)OC(C)(C)C)C(CC(C)C)C(=O)N[C@H]1CC[C@@H]2CN(S(=O)(=O)c3cccc(C(F)(F)F)c3)C[C@@H]21. The predicted octanol–water partition coefficient (Wildman–Crippen LogP) is 4.89. The molecule has 8 nitrogen and oxygen atoms in total. The molecule has 0 aromatic heterocycles. The van der Waals surface area contributed by atoms with E-state index < -0.39 is 44.4 Å². The lowest BCUT2D eigenvalue weighted by Crippen LogP contribution is -2.54. The Labute approximate surface area is 229 Å². The van der Waals surface area contributed by atoms with Gasteiger partial charge in [0, 0.05) is 25.7 Å². The average Bonchev–Trinajstić information content (AvgIpc) is 3.39. The fourth-order valence-electron chi connectivity index (χ4n) is 5.48. The highest BCUT2D eigenvalue weighted by Gasteiger charge is 2.48. The molecule has 1 aromatic rings. The van der Waals surface area contributed by atoms with Gasteiger partial charge in [0.15, 0.2) is 0 Å². The molecular formula is C27H40F3N3O5S. The molecule has 4 atom stereocenters. The second-order valence-electron chi connectivity index (χ2n) is 11.9. The number of halogens is 3. The Bertz CT molecular complexity index is 1150. The van der Waals surface area contributed by atoms with E-state index in [0.717, 1.165) is 12.1 Å². The van der Waals surface area contributed by atoms with E-state index in [4.69, 9.17) is 4.74 Å². The molecule has 1 heterocycles. The van der Waals surface area contributed by atoms with Crippen LogP contribution in [-0.2, 0) is 25.7 Å². The number of ether oxygens (including phenoxy) is 1. The molecule has 0 spiro atoms. The first-order valence-corrected chi connectivity index (χ1v) is 14.9. The summed E-state index contributed by atoms with van der Waals surface area (Å²) in [5, 5.41) is 3.07. The van der Waals surface area contributed by atoms with Gasteiger partial charge in [0.05, 0.1) is 10.5 Å². The number of amides is 2. The maximum absolute atomic E-state index is 13.5. The van der Waals surface area contributed by atoms with Crippen LogP contribution in [0.25, 0.3) is 0 Å². The molecule has 2 fully saturated rings. The van der Waals surface area contributed by atoms with Gasteiger partial charge in [-0.2, -0.15) is 17.5 Å². The van der Waals surface area contributed by atoms with Crippen molar-refractivity contribution in [2.45, 2.75) is 89.6 Å². The van der Waals surface area contributed by atoms with E-state index in [1.807, 2.05) is 13.8 Å². The van der Waals surface area contributed by atoms with Crippen LogP contribution < -0.4 is 5.32 Å². The van der Waals surface area contributed by atoms with Crippen molar-refractivity contribution in [3.63, 3.8) is 0 Å². The summed E-state index contributed by atoms with van der Waals surface area (Å²) in [7, 11) is -4.14. The zero-order valence-corrected chi connectivity index (χ0v) is 24.2. The van der Waals surface area contributed by atoms with E-state index in [2.05, 4.69) is 5.32 Å². The van der Waals surface area contributed by atoms with Gasteiger partial charge in [-0.25, -0.2) is 13.2 Å². The van der Waals surface area contributed by atoms with Crippen LogP contribution in [0, 0.1) is 17.8 Å². The van der Waals surface area contributed by atoms with E-state index >= 15 is 0 Å². The third-order valence-corrected chi connectivity index (χ3v) is 9.12. The Morgan fingerprint density at radius 2 is 1.82 bits per heavy atom. The summed E-state index contributed by atoms with van der Waals surface area (Å²) in [6, 6.07) is 2.70. The number of fused-ring (bicyclic) bond motifs is 1. The van der Waals surface area contributed by atoms with Gasteiger partial charge in [-0.15, -0.1) is 0 Å². The summed E-state index contributed by atoms with van der Waals surface area (Å²) in [6.07, 6.45) is -3.46. The first kappa shape index (κ1) is 31.2. The van der Waals surface area contributed by atoms with Crippen LogP contribution in [0.2, 0.25) is 0 Å². The normalized spacial score (nSPS) is 23.0. The summed E-state index contributed by atoms with van der Waals surface area (Å²) < 4.78 is 72.7. The van der Waals surface area contributed by atoms with Crippen molar-refractivity contribution < 1.29 is 35.9 Å². The fourth-order valence-corrected chi connectivity index (χ4v) is 7.06. The van der Waals surface area contributed by atoms with Crippen LogP contribution in [-0.4, -0.2) is 66.9 Å². The third kappa shape index (κ3) is 7.45. The highest BCUT2D eigenvalue weighted by Crippen LogP contribution is 2.41. The third-order valence-electron chi connectivity index (χ3n) is 7.29. The highest BCUT2D eigenvalue weighted by molar-refractivity contribution is 7.89. The Hall–Kier alpha value is -2.34. The fraction of sp³-hybridized carbons (Fsp3) is 0.704. The van der Waals surface area contributed by atoms with E-state index in [-0.39, 0.29) is 49.3 Å². The van der Waals surface area contributed by atoms with Gasteiger partial charge in [-0.1, -0.05) is 19.9 Å². The molecule has 1 saturated carbocycles. The van der Waals surface area contributed by atoms with Gasteiger partial charge in [0.1, 0.15) is 11.6 Å². The zero-order valence-electron chi connectivity index (χ0n) is 23.4. The van der Waals surface area contributed by atoms with Crippen LogP contribution in [0.3, 0.4) is 0 Å². The number of hydrogen-bond acceptors (Lipinski definition) is 5. The van der Waals surface area contributed by atoms with E-state index in [1.165, 1.54) is 15.3 Å². The Kier molecular flexibility index (Phi) is 9.31. The number of carbonyl (C=O) groups excluding carboxylic acids is 2. The number of nitrogens with one attached hydrogen (secondary N) is 1. The van der Waals surface area contributed by atoms with Crippen molar-refractivity contribution in [2.24, 2.45) is 17.8 Å².